The molecule has 2 rings (SSSR count). The van der Waals surface area contributed by atoms with Crippen molar-refractivity contribution in [3.63, 3.8) is 0 Å². The van der Waals surface area contributed by atoms with E-state index in [9.17, 15) is 0 Å². The minimum absolute atomic E-state index is 0.900. The molecule has 0 bridgehead atoms. The Morgan fingerprint density at radius 2 is 1.17 bits per heavy atom. The molecule has 0 atom stereocenters. The van der Waals surface area contributed by atoms with Gasteiger partial charge in [-0.05, 0) is 23.3 Å². The van der Waals surface area contributed by atoms with Crippen molar-refractivity contribution in [1.29, 1.82) is 0 Å². The maximum absolute atomic E-state index is 5.17. The maximum atomic E-state index is 5.17. The van der Waals surface area contributed by atoms with Crippen LogP contribution in [0.15, 0.2) is 48.5 Å². The quantitative estimate of drug-likeness (QED) is 0.757. The third-order valence-corrected chi connectivity index (χ3v) is 5.24. The number of hydrogen-bond donors (Lipinski definition) is 0. The van der Waals surface area contributed by atoms with Crippen molar-refractivity contribution in [2.75, 3.05) is 7.11 Å². The van der Waals surface area contributed by atoms with Crippen molar-refractivity contribution in [3.8, 4) is 16.9 Å². The Labute approximate surface area is 110 Å². The van der Waals surface area contributed by atoms with E-state index in [0.717, 1.165) is 5.75 Å². The summed E-state index contributed by atoms with van der Waals surface area (Å²) in [5.41, 5.74) is 2.50. The zero-order chi connectivity index (χ0) is 13.2. The molecule has 0 aliphatic carbocycles. The first-order chi connectivity index (χ1) is 8.50. The first-order valence-electron chi connectivity index (χ1n) is 6.26. The maximum Gasteiger partial charge on any atom is 0.118 e. The standard InChI is InChI=1S/C16H20OSi/c1-17-15-9-5-13(6-10-15)14-7-11-16(12-8-14)18(2,3)4/h5-12H,1-4H3. The second-order valence-electron chi connectivity index (χ2n) is 5.56. The van der Waals surface area contributed by atoms with E-state index in [4.69, 9.17) is 4.74 Å². The summed E-state index contributed by atoms with van der Waals surface area (Å²) in [4.78, 5) is 0. The molecule has 0 heterocycles. The Balaban J connectivity index is 2.28. The lowest BCUT2D eigenvalue weighted by atomic mass is 10.1. The van der Waals surface area contributed by atoms with Crippen LogP contribution in [0, 0.1) is 0 Å². The van der Waals surface area contributed by atoms with Crippen molar-refractivity contribution in [2.45, 2.75) is 19.6 Å². The van der Waals surface area contributed by atoms with Crippen LogP contribution in [0.5, 0.6) is 5.75 Å². The van der Waals surface area contributed by atoms with Gasteiger partial charge in [0.15, 0.2) is 0 Å². The molecule has 0 amide bonds. The van der Waals surface area contributed by atoms with E-state index in [1.165, 1.54) is 16.3 Å². The van der Waals surface area contributed by atoms with Gasteiger partial charge in [-0.15, -0.1) is 0 Å². The smallest absolute Gasteiger partial charge is 0.118 e. The predicted octanol–water partition coefficient (Wildman–Crippen LogP) is 3.91. The molecule has 2 heteroatoms. The lowest BCUT2D eigenvalue weighted by Gasteiger charge is -2.16. The molecular formula is C16H20OSi. The highest BCUT2D eigenvalue weighted by atomic mass is 28.3. The summed E-state index contributed by atoms with van der Waals surface area (Å²) in [7, 11) is 0.500. The molecule has 2 aromatic carbocycles. The van der Waals surface area contributed by atoms with E-state index >= 15 is 0 Å². The minimum atomic E-state index is -1.19. The van der Waals surface area contributed by atoms with Gasteiger partial charge in [-0.25, -0.2) is 0 Å². The highest BCUT2D eigenvalue weighted by Crippen LogP contribution is 2.21. The zero-order valence-corrected chi connectivity index (χ0v) is 12.5. The van der Waals surface area contributed by atoms with Gasteiger partial charge in [-0.1, -0.05) is 61.2 Å². The molecule has 94 valence electrons. The molecule has 0 fully saturated rings. The third-order valence-electron chi connectivity index (χ3n) is 3.17. The molecule has 0 aromatic heterocycles. The van der Waals surface area contributed by atoms with Gasteiger partial charge in [0.1, 0.15) is 5.75 Å². The van der Waals surface area contributed by atoms with E-state index in [1.54, 1.807) is 7.11 Å². The molecule has 0 spiro atoms. The average molecular weight is 256 g/mol. The first kappa shape index (κ1) is 12.9. The number of benzene rings is 2. The molecule has 18 heavy (non-hydrogen) atoms. The molecule has 0 aliphatic heterocycles. The van der Waals surface area contributed by atoms with Gasteiger partial charge in [0.2, 0.25) is 0 Å². The normalized spacial score (nSPS) is 11.3. The summed E-state index contributed by atoms with van der Waals surface area (Å²) in [5, 5.41) is 1.50. The van der Waals surface area contributed by atoms with Crippen LogP contribution < -0.4 is 9.92 Å². The highest BCUT2D eigenvalue weighted by molar-refractivity contribution is 6.88. The molecule has 1 nitrogen and oxygen atoms in total. The predicted molar refractivity (Wildman–Crippen MR) is 81.4 cm³/mol. The second-order valence-corrected chi connectivity index (χ2v) is 10.6. The lowest BCUT2D eigenvalue weighted by Crippen LogP contribution is -2.37. The summed E-state index contributed by atoms with van der Waals surface area (Å²) < 4.78 is 5.17. The lowest BCUT2D eigenvalue weighted by molar-refractivity contribution is 0.415. The summed E-state index contributed by atoms with van der Waals surface area (Å²) in [6.07, 6.45) is 0. The molecule has 0 N–H and O–H groups in total. The van der Waals surface area contributed by atoms with Crippen LogP contribution in [-0.4, -0.2) is 15.2 Å². The molecule has 0 unspecified atom stereocenters. The van der Waals surface area contributed by atoms with Gasteiger partial charge in [-0.2, -0.15) is 0 Å². The fraction of sp³-hybridized carbons (Fsp3) is 0.250. The van der Waals surface area contributed by atoms with Crippen molar-refractivity contribution in [3.05, 3.63) is 48.5 Å². The van der Waals surface area contributed by atoms with Crippen LogP contribution in [0.4, 0.5) is 0 Å². The minimum Gasteiger partial charge on any atom is -0.497 e. The molecule has 0 aliphatic rings. The average Bonchev–Trinajstić information content (AvgIpc) is 2.38. The molecular weight excluding hydrogens is 236 g/mol. The molecule has 0 saturated heterocycles. The van der Waals surface area contributed by atoms with Gasteiger partial charge < -0.3 is 4.74 Å². The monoisotopic (exact) mass is 256 g/mol. The molecule has 0 saturated carbocycles. The highest BCUT2D eigenvalue weighted by Gasteiger charge is 2.15. The van der Waals surface area contributed by atoms with Crippen molar-refractivity contribution in [1.82, 2.24) is 0 Å². The third kappa shape index (κ3) is 2.82. The SMILES string of the molecule is COc1ccc(-c2ccc([Si](C)(C)C)cc2)cc1. The van der Waals surface area contributed by atoms with Gasteiger partial charge >= 0.3 is 0 Å². The zero-order valence-electron chi connectivity index (χ0n) is 11.5. The van der Waals surface area contributed by atoms with E-state index < -0.39 is 8.07 Å². The topological polar surface area (TPSA) is 9.23 Å². The number of ether oxygens (including phenoxy) is 1. The van der Waals surface area contributed by atoms with E-state index in [1.807, 2.05) is 12.1 Å². The Bertz CT molecular complexity index is 506. The fourth-order valence-electron chi connectivity index (χ4n) is 1.95. The van der Waals surface area contributed by atoms with E-state index in [0.29, 0.717) is 0 Å². The first-order valence-corrected chi connectivity index (χ1v) is 9.76. The molecule has 2 aromatic rings. The van der Waals surface area contributed by atoms with Crippen molar-refractivity contribution >= 4 is 13.3 Å². The van der Waals surface area contributed by atoms with Crippen LogP contribution in [0.1, 0.15) is 0 Å². The Morgan fingerprint density at radius 1 is 0.722 bits per heavy atom. The van der Waals surface area contributed by atoms with Crippen LogP contribution in [0.25, 0.3) is 11.1 Å². The van der Waals surface area contributed by atoms with Crippen molar-refractivity contribution in [2.24, 2.45) is 0 Å². The van der Waals surface area contributed by atoms with Crippen molar-refractivity contribution < 1.29 is 4.74 Å². The second kappa shape index (κ2) is 4.98. The molecule has 0 radical (unpaired) electrons. The Morgan fingerprint density at radius 3 is 1.56 bits per heavy atom. The summed E-state index contributed by atoms with van der Waals surface area (Å²) in [6, 6.07) is 17.2. The largest absolute Gasteiger partial charge is 0.497 e. The number of rotatable bonds is 3. The van der Waals surface area contributed by atoms with Gasteiger partial charge in [0.25, 0.3) is 0 Å². The fourth-order valence-corrected chi connectivity index (χ4v) is 3.11. The van der Waals surface area contributed by atoms with Gasteiger partial charge in [0, 0.05) is 0 Å². The Kier molecular flexibility index (Phi) is 3.57. The van der Waals surface area contributed by atoms with Crippen LogP contribution >= 0.6 is 0 Å². The summed E-state index contributed by atoms with van der Waals surface area (Å²) in [5.74, 6) is 0.900. The number of methoxy groups -OCH3 is 1. The summed E-state index contributed by atoms with van der Waals surface area (Å²) in [6.45, 7) is 7.11. The summed E-state index contributed by atoms with van der Waals surface area (Å²) >= 11 is 0. The van der Waals surface area contributed by atoms with Crippen LogP contribution in [0.2, 0.25) is 19.6 Å². The number of hydrogen-bond acceptors (Lipinski definition) is 1. The van der Waals surface area contributed by atoms with Gasteiger partial charge in [0.05, 0.1) is 15.2 Å². The van der Waals surface area contributed by atoms with Gasteiger partial charge in [-0.3, -0.25) is 0 Å². The van der Waals surface area contributed by atoms with E-state index in [2.05, 4.69) is 56.0 Å². The van der Waals surface area contributed by atoms with E-state index in [-0.39, 0.29) is 0 Å². The Hall–Kier alpha value is -1.54. The van der Waals surface area contributed by atoms with Crippen LogP contribution in [0.3, 0.4) is 0 Å². The van der Waals surface area contributed by atoms with Crippen LogP contribution in [-0.2, 0) is 0 Å².